The fourth-order valence-electron chi connectivity index (χ4n) is 3.08. The molecule has 1 aliphatic rings. The highest BCUT2D eigenvalue weighted by atomic mass is 79.9. The minimum Gasteiger partial charge on any atom is -0.422 e. The number of pyridine rings is 1. The molecular formula is C19H16BrN3O3. The molecule has 0 saturated carbocycles. The molecule has 4 rings (SSSR count). The summed E-state index contributed by atoms with van der Waals surface area (Å²) in [6, 6.07) is 12.7. The minimum absolute atomic E-state index is 0.0823. The van der Waals surface area contributed by atoms with Gasteiger partial charge in [0.1, 0.15) is 17.0 Å². The van der Waals surface area contributed by atoms with Gasteiger partial charge >= 0.3 is 5.63 Å². The molecule has 0 bridgehead atoms. The van der Waals surface area contributed by atoms with Crippen LogP contribution in [0.4, 0.5) is 5.82 Å². The smallest absolute Gasteiger partial charge is 0.349 e. The second-order valence-corrected chi connectivity index (χ2v) is 7.01. The maximum atomic E-state index is 12.8. The lowest BCUT2D eigenvalue weighted by atomic mass is 10.1. The number of aromatic nitrogens is 1. The highest BCUT2D eigenvalue weighted by Crippen LogP contribution is 2.18. The molecule has 0 spiro atoms. The van der Waals surface area contributed by atoms with Crippen molar-refractivity contribution in [2.75, 3.05) is 31.1 Å². The Balaban J connectivity index is 1.51. The number of carbonyl (C=O) groups is 1. The summed E-state index contributed by atoms with van der Waals surface area (Å²) in [4.78, 5) is 33.2. The molecule has 6 nitrogen and oxygen atoms in total. The summed E-state index contributed by atoms with van der Waals surface area (Å²) < 4.78 is 6.21. The Bertz CT molecular complexity index is 1010. The summed E-state index contributed by atoms with van der Waals surface area (Å²) in [6.45, 7) is 2.39. The molecule has 1 amide bonds. The van der Waals surface area contributed by atoms with Crippen molar-refractivity contribution in [1.29, 1.82) is 0 Å². The zero-order valence-electron chi connectivity index (χ0n) is 13.9. The van der Waals surface area contributed by atoms with Crippen LogP contribution in [0.1, 0.15) is 10.4 Å². The molecule has 1 saturated heterocycles. The van der Waals surface area contributed by atoms with Crippen LogP contribution in [-0.4, -0.2) is 42.0 Å². The van der Waals surface area contributed by atoms with Gasteiger partial charge in [-0.05, 0) is 40.2 Å². The predicted molar refractivity (Wildman–Crippen MR) is 103 cm³/mol. The molecule has 0 N–H and O–H groups in total. The molecule has 3 heterocycles. The third-order valence-corrected chi connectivity index (χ3v) is 4.94. The molecule has 0 atom stereocenters. The van der Waals surface area contributed by atoms with E-state index in [-0.39, 0.29) is 11.5 Å². The van der Waals surface area contributed by atoms with E-state index in [4.69, 9.17) is 4.42 Å². The highest BCUT2D eigenvalue weighted by molar-refractivity contribution is 9.10. The molecule has 2 aromatic heterocycles. The molecule has 1 aromatic carbocycles. The number of anilines is 1. The van der Waals surface area contributed by atoms with Crippen molar-refractivity contribution in [1.82, 2.24) is 9.88 Å². The number of nitrogens with zero attached hydrogens (tertiary/aromatic N) is 3. The van der Waals surface area contributed by atoms with Gasteiger partial charge in [-0.1, -0.05) is 18.2 Å². The monoisotopic (exact) mass is 413 g/mol. The maximum absolute atomic E-state index is 12.8. The Morgan fingerprint density at radius 3 is 2.58 bits per heavy atom. The predicted octanol–water partition coefficient (Wildman–Crippen LogP) is 2.91. The quantitative estimate of drug-likeness (QED) is 0.604. The van der Waals surface area contributed by atoms with Crippen molar-refractivity contribution in [3.05, 3.63) is 69.1 Å². The molecule has 0 unspecified atom stereocenters. The molecule has 0 aliphatic carbocycles. The number of hydrogen-bond acceptors (Lipinski definition) is 5. The Morgan fingerprint density at radius 2 is 1.85 bits per heavy atom. The Kier molecular flexibility index (Phi) is 4.46. The summed E-state index contributed by atoms with van der Waals surface area (Å²) in [6.07, 6.45) is 1.76. The standard InChI is InChI=1S/C19H16BrN3O3/c20-14-5-6-17(21-12-14)22-7-9-23(10-8-22)18(24)15-11-13-3-1-2-4-16(13)26-19(15)25/h1-6,11-12H,7-10H2. The number of carbonyl (C=O) groups excluding carboxylic acids is 1. The van der Waals surface area contributed by atoms with E-state index in [2.05, 4.69) is 25.8 Å². The van der Waals surface area contributed by atoms with Crippen LogP contribution in [0.3, 0.4) is 0 Å². The van der Waals surface area contributed by atoms with Crippen molar-refractivity contribution in [2.24, 2.45) is 0 Å². The highest BCUT2D eigenvalue weighted by Gasteiger charge is 2.25. The van der Waals surface area contributed by atoms with Crippen LogP contribution in [0.25, 0.3) is 11.0 Å². The lowest BCUT2D eigenvalue weighted by Crippen LogP contribution is -2.49. The van der Waals surface area contributed by atoms with Crippen molar-refractivity contribution in [3.8, 4) is 0 Å². The molecule has 7 heteroatoms. The first-order chi connectivity index (χ1) is 12.6. The van der Waals surface area contributed by atoms with Crippen LogP contribution in [-0.2, 0) is 0 Å². The maximum Gasteiger partial charge on any atom is 0.349 e. The Morgan fingerprint density at radius 1 is 1.08 bits per heavy atom. The van der Waals surface area contributed by atoms with Crippen molar-refractivity contribution < 1.29 is 9.21 Å². The summed E-state index contributed by atoms with van der Waals surface area (Å²) >= 11 is 3.38. The van der Waals surface area contributed by atoms with Gasteiger partial charge in [-0.25, -0.2) is 9.78 Å². The summed E-state index contributed by atoms with van der Waals surface area (Å²) in [5.74, 6) is 0.596. The number of hydrogen-bond donors (Lipinski definition) is 0. The number of benzene rings is 1. The number of para-hydroxylation sites is 1. The van der Waals surface area contributed by atoms with Gasteiger partial charge in [-0.2, -0.15) is 0 Å². The molecule has 1 fully saturated rings. The first-order valence-corrected chi connectivity index (χ1v) is 9.10. The van der Waals surface area contributed by atoms with E-state index in [1.54, 1.807) is 29.3 Å². The van der Waals surface area contributed by atoms with Crippen molar-refractivity contribution >= 4 is 38.6 Å². The van der Waals surface area contributed by atoms with Gasteiger partial charge < -0.3 is 14.2 Å². The van der Waals surface area contributed by atoms with E-state index < -0.39 is 5.63 Å². The number of fused-ring (bicyclic) bond motifs is 1. The van der Waals surface area contributed by atoms with Gasteiger partial charge in [0.05, 0.1) is 0 Å². The normalized spacial score (nSPS) is 14.7. The van der Waals surface area contributed by atoms with Crippen molar-refractivity contribution in [2.45, 2.75) is 0 Å². The second-order valence-electron chi connectivity index (χ2n) is 6.10. The van der Waals surface area contributed by atoms with Gasteiger partial charge in [-0.3, -0.25) is 4.79 Å². The van der Waals surface area contributed by atoms with E-state index in [9.17, 15) is 9.59 Å². The number of rotatable bonds is 2. The Labute approximate surface area is 158 Å². The fraction of sp³-hybridized carbons (Fsp3) is 0.211. The van der Waals surface area contributed by atoms with E-state index in [1.165, 1.54) is 0 Å². The molecule has 3 aromatic rings. The fourth-order valence-corrected chi connectivity index (χ4v) is 3.31. The second kappa shape index (κ2) is 6.92. The van der Waals surface area contributed by atoms with E-state index in [0.717, 1.165) is 15.7 Å². The summed E-state index contributed by atoms with van der Waals surface area (Å²) in [5, 5.41) is 0.744. The van der Waals surface area contributed by atoms with Gasteiger partial charge in [0.15, 0.2) is 0 Å². The van der Waals surface area contributed by atoms with Crippen LogP contribution in [0, 0.1) is 0 Å². The Hall–Kier alpha value is -2.67. The zero-order chi connectivity index (χ0) is 18.1. The van der Waals surface area contributed by atoms with Crippen molar-refractivity contribution in [3.63, 3.8) is 0 Å². The minimum atomic E-state index is -0.592. The average molecular weight is 414 g/mol. The SMILES string of the molecule is O=C(c1cc2ccccc2oc1=O)N1CCN(c2ccc(Br)cn2)CC1. The number of amides is 1. The van der Waals surface area contributed by atoms with Gasteiger partial charge in [0.25, 0.3) is 5.91 Å². The van der Waals surface area contributed by atoms with Crippen LogP contribution < -0.4 is 10.5 Å². The molecular weight excluding hydrogens is 398 g/mol. The molecule has 26 heavy (non-hydrogen) atoms. The van der Waals surface area contributed by atoms with Crippen LogP contribution in [0.5, 0.6) is 0 Å². The van der Waals surface area contributed by atoms with Crippen LogP contribution >= 0.6 is 15.9 Å². The number of piperazine rings is 1. The van der Waals surface area contributed by atoms with E-state index in [1.807, 2.05) is 24.3 Å². The first kappa shape index (κ1) is 16.8. The lowest BCUT2D eigenvalue weighted by molar-refractivity contribution is 0.0742. The number of halogens is 1. The van der Waals surface area contributed by atoms with Gasteiger partial charge in [0.2, 0.25) is 0 Å². The molecule has 132 valence electrons. The third-order valence-electron chi connectivity index (χ3n) is 4.47. The van der Waals surface area contributed by atoms with Gasteiger partial charge in [0, 0.05) is 42.2 Å². The first-order valence-electron chi connectivity index (χ1n) is 8.30. The topological polar surface area (TPSA) is 66.7 Å². The lowest BCUT2D eigenvalue weighted by Gasteiger charge is -2.35. The van der Waals surface area contributed by atoms with Crippen LogP contribution in [0.2, 0.25) is 0 Å². The summed E-state index contributed by atoms with van der Waals surface area (Å²) in [7, 11) is 0. The van der Waals surface area contributed by atoms with E-state index in [0.29, 0.717) is 31.8 Å². The summed E-state index contributed by atoms with van der Waals surface area (Å²) in [5.41, 5.74) is -0.0233. The average Bonchev–Trinajstić information content (AvgIpc) is 2.68. The van der Waals surface area contributed by atoms with E-state index >= 15 is 0 Å². The molecule has 0 radical (unpaired) electrons. The van der Waals surface area contributed by atoms with Crippen LogP contribution in [0.15, 0.2) is 62.3 Å². The zero-order valence-corrected chi connectivity index (χ0v) is 15.5. The van der Waals surface area contributed by atoms with Gasteiger partial charge in [-0.15, -0.1) is 0 Å². The largest absolute Gasteiger partial charge is 0.422 e. The molecule has 1 aliphatic heterocycles. The third kappa shape index (κ3) is 3.22.